The van der Waals surface area contributed by atoms with Crippen molar-refractivity contribution in [2.24, 2.45) is 0 Å². The highest BCUT2D eigenvalue weighted by molar-refractivity contribution is 5.69. The molecule has 1 aliphatic rings. The molecule has 0 saturated carbocycles. The van der Waals surface area contributed by atoms with E-state index in [-0.39, 0.29) is 6.04 Å². The lowest BCUT2D eigenvalue weighted by atomic mass is 10.1. The van der Waals surface area contributed by atoms with Gasteiger partial charge in [-0.25, -0.2) is 14.8 Å². The molecule has 0 saturated heterocycles. The van der Waals surface area contributed by atoms with E-state index >= 15 is 0 Å². The maximum absolute atomic E-state index is 10.7. The smallest absolute Gasteiger partial charge is 0.404 e. The van der Waals surface area contributed by atoms with E-state index in [9.17, 15) is 4.79 Å². The first-order valence-corrected chi connectivity index (χ1v) is 7.37. The number of amides is 1. The van der Waals surface area contributed by atoms with Crippen molar-refractivity contribution in [2.75, 3.05) is 0 Å². The van der Waals surface area contributed by atoms with Crippen molar-refractivity contribution >= 4 is 11.7 Å². The SMILES string of the molecule is O=C(O)NC1CC=C(c2cncn2CCCn2ccnc2)C1. The van der Waals surface area contributed by atoms with Gasteiger partial charge >= 0.3 is 6.09 Å². The Kier molecular flexibility index (Phi) is 4.22. The highest BCUT2D eigenvalue weighted by Gasteiger charge is 2.21. The number of imidazole rings is 2. The van der Waals surface area contributed by atoms with Crippen molar-refractivity contribution in [2.45, 2.75) is 38.4 Å². The van der Waals surface area contributed by atoms with Gasteiger partial charge in [0, 0.05) is 31.5 Å². The molecule has 7 heteroatoms. The predicted octanol–water partition coefficient (Wildman–Crippen LogP) is 1.98. The fourth-order valence-electron chi connectivity index (χ4n) is 2.82. The van der Waals surface area contributed by atoms with E-state index in [0.717, 1.165) is 38.0 Å². The molecule has 0 aromatic carbocycles. The lowest BCUT2D eigenvalue weighted by Gasteiger charge is -2.12. The maximum Gasteiger partial charge on any atom is 0.404 e. The van der Waals surface area contributed by atoms with Gasteiger partial charge in [-0.2, -0.15) is 0 Å². The van der Waals surface area contributed by atoms with Crippen molar-refractivity contribution in [1.82, 2.24) is 24.4 Å². The van der Waals surface area contributed by atoms with E-state index in [1.54, 1.807) is 6.20 Å². The number of aryl methyl sites for hydroxylation is 2. The Morgan fingerprint density at radius 2 is 2.27 bits per heavy atom. The van der Waals surface area contributed by atoms with E-state index in [0.29, 0.717) is 0 Å². The standard InChI is InChI=1S/C15H19N5O2/c21-15(22)18-13-3-2-12(8-13)14-9-17-11-20(14)6-1-5-19-7-4-16-10-19/h2,4,7,9-11,13,18H,1,3,5-6,8H2,(H,21,22). The molecule has 7 nitrogen and oxygen atoms in total. The van der Waals surface area contributed by atoms with Crippen molar-refractivity contribution < 1.29 is 9.90 Å². The van der Waals surface area contributed by atoms with Gasteiger partial charge in [0.1, 0.15) is 0 Å². The number of rotatable bonds is 6. The third kappa shape index (κ3) is 3.36. The first kappa shape index (κ1) is 14.4. The van der Waals surface area contributed by atoms with Crippen molar-refractivity contribution in [1.29, 1.82) is 0 Å². The van der Waals surface area contributed by atoms with E-state index in [1.807, 2.05) is 25.0 Å². The number of carboxylic acid groups (broad SMARTS) is 1. The highest BCUT2D eigenvalue weighted by Crippen LogP contribution is 2.28. The van der Waals surface area contributed by atoms with Gasteiger partial charge in [-0.15, -0.1) is 0 Å². The van der Waals surface area contributed by atoms with Crippen LogP contribution in [0.4, 0.5) is 4.79 Å². The molecule has 2 N–H and O–H groups in total. The zero-order chi connectivity index (χ0) is 15.4. The maximum atomic E-state index is 10.7. The summed E-state index contributed by atoms with van der Waals surface area (Å²) < 4.78 is 4.18. The molecule has 2 heterocycles. The summed E-state index contributed by atoms with van der Waals surface area (Å²) in [6.07, 6.45) is 12.8. The number of hydrogen-bond acceptors (Lipinski definition) is 3. The Labute approximate surface area is 128 Å². The second kappa shape index (κ2) is 6.46. The topological polar surface area (TPSA) is 85.0 Å². The molecule has 0 aliphatic heterocycles. The summed E-state index contributed by atoms with van der Waals surface area (Å²) in [4.78, 5) is 19.0. The summed E-state index contributed by atoms with van der Waals surface area (Å²) in [7, 11) is 0. The van der Waals surface area contributed by atoms with E-state index in [2.05, 4.69) is 30.5 Å². The molecule has 0 spiro atoms. The fraction of sp³-hybridized carbons (Fsp3) is 0.400. The van der Waals surface area contributed by atoms with Crippen LogP contribution in [0.25, 0.3) is 5.57 Å². The Hall–Kier alpha value is -2.57. The lowest BCUT2D eigenvalue weighted by molar-refractivity contribution is 0.190. The van der Waals surface area contributed by atoms with Crippen LogP contribution in [0.3, 0.4) is 0 Å². The normalized spacial score (nSPS) is 17.5. The summed E-state index contributed by atoms with van der Waals surface area (Å²) in [5, 5.41) is 11.3. The highest BCUT2D eigenvalue weighted by atomic mass is 16.4. The molecule has 116 valence electrons. The zero-order valence-electron chi connectivity index (χ0n) is 12.2. The predicted molar refractivity (Wildman–Crippen MR) is 81.2 cm³/mol. The zero-order valence-corrected chi connectivity index (χ0v) is 12.2. The van der Waals surface area contributed by atoms with Gasteiger partial charge in [0.05, 0.1) is 24.5 Å². The summed E-state index contributed by atoms with van der Waals surface area (Å²) in [6.45, 7) is 1.79. The van der Waals surface area contributed by atoms with Crippen LogP contribution >= 0.6 is 0 Å². The summed E-state index contributed by atoms with van der Waals surface area (Å²) in [5.41, 5.74) is 2.25. The van der Waals surface area contributed by atoms with Crippen LogP contribution < -0.4 is 5.32 Å². The number of hydrogen-bond donors (Lipinski definition) is 2. The van der Waals surface area contributed by atoms with Crippen molar-refractivity contribution in [3.8, 4) is 0 Å². The van der Waals surface area contributed by atoms with Crippen LogP contribution in [0.15, 0.2) is 37.3 Å². The summed E-state index contributed by atoms with van der Waals surface area (Å²) in [5.74, 6) is 0. The number of nitrogens with zero attached hydrogens (tertiary/aromatic N) is 4. The van der Waals surface area contributed by atoms with Crippen LogP contribution in [-0.2, 0) is 13.1 Å². The molecule has 1 unspecified atom stereocenters. The van der Waals surface area contributed by atoms with Gasteiger partial charge in [-0.05, 0) is 24.8 Å². The Bertz CT molecular complexity index is 659. The van der Waals surface area contributed by atoms with Gasteiger partial charge in [0.2, 0.25) is 0 Å². The summed E-state index contributed by atoms with van der Waals surface area (Å²) in [6, 6.07) is -0.0261. The summed E-state index contributed by atoms with van der Waals surface area (Å²) >= 11 is 0. The number of carbonyl (C=O) groups is 1. The van der Waals surface area contributed by atoms with Crippen LogP contribution in [0, 0.1) is 0 Å². The van der Waals surface area contributed by atoms with Gasteiger partial charge in [0.25, 0.3) is 0 Å². The van der Waals surface area contributed by atoms with E-state index < -0.39 is 6.09 Å². The average Bonchev–Trinajstić information content (AvgIpc) is 3.18. The van der Waals surface area contributed by atoms with Crippen molar-refractivity contribution in [3.05, 3.63) is 43.0 Å². The molecule has 3 rings (SSSR count). The molecule has 2 aromatic heterocycles. The Balaban J connectivity index is 1.57. The Morgan fingerprint density at radius 1 is 1.36 bits per heavy atom. The van der Waals surface area contributed by atoms with Crippen LogP contribution in [0.1, 0.15) is 25.0 Å². The third-order valence-corrected chi connectivity index (χ3v) is 3.86. The Morgan fingerprint density at radius 3 is 3.05 bits per heavy atom. The number of nitrogens with one attached hydrogen (secondary N) is 1. The molecule has 0 bridgehead atoms. The van der Waals surface area contributed by atoms with Gasteiger partial charge in [-0.1, -0.05) is 6.08 Å². The average molecular weight is 301 g/mol. The van der Waals surface area contributed by atoms with Gasteiger partial charge < -0.3 is 19.6 Å². The van der Waals surface area contributed by atoms with Crippen LogP contribution in [-0.4, -0.2) is 36.3 Å². The molecule has 0 radical (unpaired) electrons. The van der Waals surface area contributed by atoms with Crippen molar-refractivity contribution in [3.63, 3.8) is 0 Å². The third-order valence-electron chi connectivity index (χ3n) is 3.86. The fourth-order valence-corrected chi connectivity index (χ4v) is 2.82. The van der Waals surface area contributed by atoms with Crippen LogP contribution in [0.5, 0.6) is 0 Å². The monoisotopic (exact) mass is 301 g/mol. The van der Waals surface area contributed by atoms with Gasteiger partial charge in [0.15, 0.2) is 0 Å². The van der Waals surface area contributed by atoms with E-state index in [4.69, 9.17) is 5.11 Å². The second-order valence-corrected chi connectivity index (χ2v) is 5.44. The molecule has 22 heavy (non-hydrogen) atoms. The molecule has 1 atom stereocenters. The molecule has 1 aliphatic carbocycles. The molecule has 0 fully saturated rings. The first-order valence-electron chi connectivity index (χ1n) is 7.37. The van der Waals surface area contributed by atoms with Crippen LogP contribution in [0.2, 0.25) is 0 Å². The number of aromatic nitrogens is 4. The minimum absolute atomic E-state index is 0.0261. The quantitative estimate of drug-likeness (QED) is 0.854. The molecule has 2 aromatic rings. The van der Waals surface area contributed by atoms with E-state index in [1.165, 1.54) is 5.57 Å². The largest absolute Gasteiger partial charge is 0.465 e. The lowest BCUT2D eigenvalue weighted by Crippen LogP contribution is -2.31. The minimum atomic E-state index is -0.964. The molecular weight excluding hydrogens is 282 g/mol. The minimum Gasteiger partial charge on any atom is -0.465 e. The van der Waals surface area contributed by atoms with Gasteiger partial charge in [-0.3, -0.25) is 0 Å². The first-order chi connectivity index (χ1) is 10.7. The molecular formula is C15H19N5O2. The second-order valence-electron chi connectivity index (χ2n) is 5.44. The molecule has 1 amide bonds.